The SMILES string of the molecule is Cc1ccc2nc(C(C)Cl)n(C3CCCS(=O)(=O)C3)c2n1. The van der Waals surface area contributed by atoms with Gasteiger partial charge in [-0.3, -0.25) is 0 Å². The summed E-state index contributed by atoms with van der Waals surface area (Å²) in [6, 6.07) is 3.69. The number of aryl methyl sites for hydroxylation is 1. The van der Waals surface area contributed by atoms with Crippen LogP contribution in [0.4, 0.5) is 0 Å². The second kappa shape index (κ2) is 5.25. The highest BCUT2D eigenvalue weighted by Gasteiger charge is 2.30. The number of hydrogen-bond donors (Lipinski definition) is 0. The standard InChI is InChI=1S/C14H18ClN3O2S/c1-9-5-6-12-14(16-9)18(13(17-12)10(2)15)11-4-3-7-21(19,20)8-11/h5-6,10-11H,3-4,7-8H2,1-2H3. The number of fused-ring (bicyclic) bond motifs is 1. The molecule has 1 aliphatic heterocycles. The number of nitrogens with zero attached hydrogens (tertiary/aromatic N) is 3. The predicted octanol–water partition coefficient (Wildman–Crippen LogP) is 2.79. The van der Waals surface area contributed by atoms with E-state index in [1.807, 2.05) is 30.5 Å². The maximum absolute atomic E-state index is 12.0. The first-order valence-corrected chi connectivity index (χ1v) is 9.33. The van der Waals surface area contributed by atoms with E-state index in [1.54, 1.807) is 0 Å². The van der Waals surface area contributed by atoms with E-state index in [0.717, 1.165) is 23.3 Å². The minimum atomic E-state index is -3.00. The van der Waals surface area contributed by atoms with Gasteiger partial charge in [-0.2, -0.15) is 0 Å². The van der Waals surface area contributed by atoms with Crippen LogP contribution in [-0.2, 0) is 9.84 Å². The molecule has 0 radical (unpaired) electrons. The summed E-state index contributed by atoms with van der Waals surface area (Å²) in [5, 5.41) is -0.288. The number of halogens is 1. The van der Waals surface area contributed by atoms with E-state index < -0.39 is 9.84 Å². The van der Waals surface area contributed by atoms with Crippen LogP contribution in [0.1, 0.15) is 42.7 Å². The third-order valence-electron chi connectivity index (χ3n) is 3.86. The second-order valence-corrected chi connectivity index (χ2v) is 8.55. The van der Waals surface area contributed by atoms with Gasteiger partial charge in [0.15, 0.2) is 15.5 Å². The van der Waals surface area contributed by atoms with Gasteiger partial charge in [-0.25, -0.2) is 18.4 Å². The molecule has 1 saturated heterocycles. The van der Waals surface area contributed by atoms with Gasteiger partial charge < -0.3 is 4.57 Å². The number of alkyl halides is 1. The van der Waals surface area contributed by atoms with Crippen molar-refractivity contribution in [2.45, 2.75) is 38.1 Å². The Hall–Kier alpha value is -1.14. The Morgan fingerprint density at radius 3 is 2.81 bits per heavy atom. The third-order valence-corrected chi connectivity index (χ3v) is 5.86. The van der Waals surface area contributed by atoms with Gasteiger partial charge in [0.05, 0.1) is 22.9 Å². The fourth-order valence-electron chi connectivity index (χ4n) is 2.93. The lowest BCUT2D eigenvalue weighted by Crippen LogP contribution is -2.28. The summed E-state index contributed by atoms with van der Waals surface area (Å²) in [4.78, 5) is 9.10. The lowest BCUT2D eigenvalue weighted by atomic mass is 10.1. The molecule has 0 saturated carbocycles. The van der Waals surface area contributed by atoms with Crippen molar-refractivity contribution in [3.05, 3.63) is 23.7 Å². The maximum atomic E-state index is 12.0. The topological polar surface area (TPSA) is 64.8 Å². The van der Waals surface area contributed by atoms with E-state index in [0.29, 0.717) is 12.2 Å². The molecule has 2 aromatic heterocycles. The smallest absolute Gasteiger partial charge is 0.160 e. The van der Waals surface area contributed by atoms with E-state index in [2.05, 4.69) is 9.97 Å². The van der Waals surface area contributed by atoms with Gasteiger partial charge in [0.25, 0.3) is 0 Å². The minimum absolute atomic E-state index is 0.126. The molecule has 1 fully saturated rings. The monoisotopic (exact) mass is 327 g/mol. The van der Waals surface area contributed by atoms with Crippen molar-refractivity contribution in [2.75, 3.05) is 11.5 Å². The summed E-state index contributed by atoms with van der Waals surface area (Å²) in [6.45, 7) is 3.77. The second-order valence-electron chi connectivity index (χ2n) is 5.66. The van der Waals surface area contributed by atoms with Crippen LogP contribution >= 0.6 is 11.6 Å². The number of rotatable bonds is 2. The highest BCUT2D eigenvalue weighted by molar-refractivity contribution is 7.91. The van der Waals surface area contributed by atoms with Gasteiger partial charge in [0, 0.05) is 5.69 Å². The molecule has 0 bridgehead atoms. The van der Waals surface area contributed by atoms with E-state index in [1.165, 1.54) is 0 Å². The molecule has 0 spiro atoms. The van der Waals surface area contributed by atoms with E-state index in [9.17, 15) is 8.42 Å². The summed E-state index contributed by atoms with van der Waals surface area (Å²) in [6.07, 6.45) is 1.49. The Morgan fingerprint density at radius 2 is 2.14 bits per heavy atom. The molecule has 5 nitrogen and oxygen atoms in total. The first-order chi connectivity index (χ1) is 9.87. The largest absolute Gasteiger partial charge is 0.307 e. The summed E-state index contributed by atoms with van der Waals surface area (Å²) in [5.41, 5.74) is 2.39. The summed E-state index contributed by atoms with van der Waals surface area (Å²) < 4.78 is 25.8. The van der Waals surface area contributed by atoms with E-state index in [-0.39, 0.29) is 22.9 Å². The highest BCUT2D eigenvalue weighted by Crippen LogP contribution is 2.32. The molecule has 114 valence electrons. The molecule has 2 unspecified atom stereocenters. The van der Waals surface area contributed by atoms with Gasteiger partial charge in [-0.15, -0.1) is 11.6 Å². The molecule has 2 atom stereocenters. The third kappa shape index (κ3) is 2.79. The van der Waals surface area contributed by atoms with Crippen molar-refractivity contribution < 1.29 is 8.42 Å². The molecule has 21 heavy (non-hydrogen) atoms. The quantitative estimate of drug-likeness (QED) is 0.796. The van der Waals surface area contributed by atoms with Crippen LogP contribution in [-0.4, -0.2) is 34.5 Å². The van der Waals surface area contributed by atoms with Crippen LogP contribution < -0.4 is 0 Å². The lowest BCUT2D eigenvalue weighted by molar-refractivity contribution is 0.464. The number of imidazole rings is 1. The summed E-state index contributed by atoms with van der Waals surface area (Å²) in [5.74, 6) is 1.12. The molecule has 2 aromatic rings. The first kappa shape index (κ1) is 14.8. The normalized spacial score (nSPS) is 23.3. The van der Waals surface area contributed by atoms with Crippen LogP contribution in [0.15, 0.2) is 12.1 Å². The number of sulfone groups is 1. The zero-order chi connectivity index (χ0) is 15.2. The van der Waals surface area contributed by atoms with Crippen molar-refractivity contribution in [1.82, 2.24) is 14.5 Å². The summed E-state index contributed by atoms with van der Waals surface area (Å²) in [7, 11) is -3.00. The molecule has 7 heteroatoms. The maximum Gasteiger partial charge on any atom is 0.160 e. The molecule has 0 amide bonds. The van der Waals surface area contributed by atoms with Crippen molar-refractivity contribution >= 4 is 32.6 Å². The Labute approximate surface area is 129 Å². The van der Waals surface area contributed by atoms with Crippen molar-refractivity contribution in [2.24, 2.45) is 0 Å². The number of hydrogen-bond acceptors (Lipinski definition) is 4. The Kier molecular flexibility index (Phi) is 3.69. The Bertz CT molecular complexity index is 783. The fourth-order valence-corrected chi connectivity index (χ4v) is 4.76. The molecule has 0 aliphatic carbocycles. The highest BCUT2D eigenvalue weighted by atomic mass is 35.5. The van der Waals surface area contributed by atoms with Gasteiger partial charge in [0.1, 0.15) is 11.3 Å². The molecule has 0 N–H and O–H groups in total. The molecular formula is C14H18ClN3O2S. The van der Waals surface area contributed by atoms with E-state index in [4.69, 9.17) is 11.6 Å². The first-order valence-electron chi connectivity index (χ1n) is 7.07. The van der Waals surface area contributed by atoms with Crippen molar-refractivity contribution in [1.29, 1.82) is 0 Å². The van der Waals surface area contributed by atoms with Crippen LogP contribution in [0.3, 0.4) is 0 Å². The van der Waals surface area contributed by atoms with Crippen LogP contribution in [0.25, 0.3) is 11.2 Å². The van der Waals surface area contributed by atoms with Crippen LogP contribution in [0, 0.1) is 6.92 Å². The number of pyridine rings is 1. The predicted molar refractivity (Wildman–Crippen MR) is 83.5 cm³/mol. The average Bonchev–Trinajstić information content (AvgIpc) is 2.76. The molecule has 1 aliphatic rings. The molecule has 0 aromatic carbocycles. The van der Waals surface area contributed by atoms with Gasteiger partial charge in [-0.1, -0.05) is 0 Å². The van der Waals surface area contributed by atoms with Crippen molar-refractivity contribution in [3.8, 4) is 0 Å². The minimum Gasteiger partial charge on any atom is -0.307 e. The van der Waals surface area contributed by atoms with Gasteiger partial charge in [-0.05, 0) is 38.8 Å². The summed E-state index contributed by atoms with van der Waals surface area (Å²) >= 11 is 6.25. The molecule has 3 rings (SSSR count). The van der Waals surface area contributed by atoms with Crippen LogP contribution in [0.2, 0.25) is 0 Å². The molecular weight excluding hydrogens is 310 g/mol. The van der Waals surface area contributed by atoms with Crippen molar-refractivity contribution in [3.63, 3.8) is 0 Å². The lowest BCUT2D eigenvalue weighted by Gasteiger charge is -2.25. The average molecular weight is 328 g/mol. The van der Waals surface area contributed by atoms with Crippen LogP contribution in [0.5, 0.6) is 0 Å². The molecule has 3 heterocycles. The zero-order valence-electron chi connectivity index (χ0n) is 12.1. The van der Waals surface area contributed by atoms with Gasteiger partial charge in [0.2, 0.25) is 0 Å². The Morgan fingerprint density at radius 1 is 1.38 bits per heavy atom. The Balaban J connectivity index is 2.19. The fraction of sp³-hybridized carbons (Fsp3) is 0.571. The number of aromatic nitrogens is 3. The zero-order valence-corrected chi connectivity index (χ0v) is 13.7. The van der Waals surface area contributed by atoms with E-state index >= 15 is 0 Å². The van der Waals surface area contributed by atoms with Gasteiger partial charge >= 0.3 is 0 Å².